The van der Waals surface area contributed by atoms with E-state index < -0.39 is 0 Å². The van der Waals surface area contributed by atoms with Gasteiger partial charge in [0.05, 0.1) is 5.39 Å². The predicted molar refractivity (Wildman–Crippen MR) is 51.6 cm³/mol. The lowest BCUT2D eigenvalue weighted by atomic mass is 10.2. The van der Waals surface area contributed by atoms with Crippen LogP contribution in [0.3, 0.4) is 0 Å². The van der Waals surface area contributed by atoms with Crippen molar-refractivity contribution in [2.45, 2.75) is 0 Å². The van der Waals surface area contributed by atoms with Crippen molar-refractivity contribution < 1.29 is 4.52 Å². The van der Waals surface area contributed by atoms with Crippen LogP contribution in [0.2, 0.25) is 0 Å². The molecular formula is C9H11N3O. The van der Waals surface area contributed by atoms with E-state index in [4.69, 9.17) is 10.3 Å². The molecule has 0 fully saturated rings. The van der Waals surface area contributed by atoms with Crippen LogP contribution in [0.1, 0.15) is 0 Å². The van der Waals surface area contributed by atoms with E-state index >= 15 is 0 Å². The number of hydrogen-bond acceptors (Lipinski definition) is 4. The highest BCUT2D eigenvalue weighted by atomic mass is 16.5. The number of nitrogens with two attached hydrogens (primary N) is 1. The molecule has 0 amide bonds. The molecule has 1 aromatic heterocycles. The molecule has 1 heterocycles. The molecule has 0 saturated heterocycles. The zero-order chi connectivity index (χ0) is 9.10. The van der Waals surface area contributed by atoms with E-state index in [0.29, 0.717) is 19.0 Å². The second-order valence-electron chi connectivity index (χ2n) is 2.74. The first-order valence-electron chi connectivity index (χ1n) is 4.20. The highest BCUT2D eigenvalue weighted by Gasteiger charge is 2.04. The maximum Gasteiger partial charge on any atom is 0.232 e. The number of aromatic nitrogens is 1. The van der Waals surface area contributed by atoms with Gasteiger partial charge in [-0.05, 0) is 12.1 Å². The van der Waals surface area contributed by atoms with Gasteiger partial charge < -0.3 is 15.6 Å². The van der Waals surface area contributed by atoms with Crippen molar-refractivity contribution in [3.63, 3.8) is 0 Å². The minimum Gasteiger partial charge on any atom is -0.352 e. The summed E-state index contributed by atoms with van der Waals surface area (Å²) in [7, 11) is 0. The molecule has 2 aromatic rings. The highest BCUT2D eigenvalue weighted by molar-refractivity contribution is 5.88. The minimum atomic E-state index is 0.578. The van der Waals surface area contributed by atoms with Crippen LogP contribution in [0.5, 0.6) is 0 Å². The third-order valence-corrected chi connectivity index (χ3v) is 1.81. The molecule has 0 unspecified atom stereocenters. The fourth-order valence-electron chi connectivity index (χ4n) is 1.20. The first-order valence-corrected chi connectivity index (χ1v) is 4.20. The normalized spacial score (nSPS) is 10.5. The van der Waals surface area contributed by atoms with Gasteiger partial charge >= 0.3 is 0 Å². The van der Waals surface area contributed by atoms with Crippen molar-refractivity contribution in [1.29, 1.82) is 0 Å². The maximum absolute atomic E-state index is 5.36. The van der Waals surface area contributed by atoms with E-state index in [9.17, 15) is 0 Å². The van der Waals surface area contributed by atoms with E-state index in [0.717, 1.165) is 10.9 Å². The van der Waals surface area contributed by atoms with E-state index in [-0.39, 0.29) is 0 Å². The van der Waals surface area contributed by atoms with Gasteiger partial charge in [0, 0.05) is 13.1 Å². The van der Waals surface area contributed by atoms with Crippen LogP contribution < -0.4 is 11.1 Å². The summed E-state index contributed by atoms with van der Waals surface area (Å²) in [6.45, 7) is 1.27. The molecule has 0 saturated carbocycles. The van der Waals surface area contributed by atoms with E-state index in [2.05, 4.69) is 10.5 Å². The standard InChI is InChI=1S/C9H11N3O/c10-5-6-11-9-7-3-1-2-4-8(7)12-13-9/h1-4,11H,5-6,10H2. The van der Waals surface area contributed by atoms with E-state index in [1.165, 1.54) is 0 Å². The molecule has 0 bridgehead atoms. The summed E-state index contributed by atoms with van der Waals surface area (Å²) in [6.07, 6.45) is 0. The summed E-state index contributed by atoms with van der Waals surface area (Å²) >= 11 is 0. The Balaban J connectivity index is 2.35. The molecule has 3 N–H and O–H groups in total. The third kappa shape index (κ3) is 1.48. The molecule has 0 atom stereocenters. The number of nitrogens with zero attached hydrogens (tertiary/aromatic N) is 1. The molecule has 1 aromatic carbocycles. The first kappa shape index (κ1) is 8.07. The van der Waals surface area contributed by atoms with Crippen molar-refractivity contribution >= 4 is 16.8 Å². The zero-order valence-electron chi connectivity index (χ0n) is 7.16. The van der Waals surface area contributed by atoms with Crippen molar-refractivity contribution in [1.82, 2.24) is 5.16 Å². The molecular weight excluding hydrogens is 166 g/mol. The molecule has 0 aliphatic carbocycles. The van der Waals surface area contributed by atoms with Crippen molar-refractivity contribution in [3.8, 4) is 0 Å². The number of anilines is 1. The third-order valence-electron chi connectivity index (χ3n) is 1.81. The Morgan fingerprint density at radius 2 is 2.23 bits per heavy atom. The maximum atomic E-state index is 5.36. The molecule has 0 aliphatic rings. The van der Waals surface area contributed by atoms with Crippen LogP contribution in [-0.2, 0) is 0 Å². The highest BCUT2D eigenvalue weighted by Crippen LogP contribution is 2.21. The van der Waals surface area contributed by atoms with Crippen LogP contribution in [0.25, 0.3) is 10.9 Å². The summed E-state index contributed by atoms with van der Waals surface area (Å²) in [6, 6.07) is 7.75. The van der Waals surface area contributed by atoms with Gasteiger partial charge in [0.1, 0.15) is 5.52 Å². The lowest BCUT2D eigenvalue weighted by Gasteiger charge is -1.97. The van der Waals surface area contributed by atoms with Crippen LogP contribution in [-0.4, -0.2) is 18.2 Å². The molecule has 13 heavy (non-hydrogen) atoms. The first-order chi connectivity index (χ1) is 6.42. The van der Waals surface area contributed by atoms with Gasteiger partial charge in [-0.25, -0.2) is 0 Å². The summed E-state index contributed by atoms with van der Waals surface area (Å²) in [5.41, 5.74) is 6.23. The largest absolute Gasteiger partial charge is 0.352 e. The Morgan fingerprint density at radius 3 is 3.08 bits per heavy atom. The lowest BCUT2D eigenvalue weighted by molar-refractivity contribution is 0.441. The number of rotatable bonds is 3. The molecule has 68 valence electrons. The van der Waals surface area contributed by atoms with E-state index in [1.807, 2.05) is 24.3 Å². The predicted octanol–water partition coefficient (Wildman–Crippen LogP) is 1.20. The van der Waals surface area contributed by atoms with Crippen molar-refractivity contribution in [2.75, 3.05) is 18.4 Å². The second kappa shape index (κ2) is 3.45. The van der Waals surface area contributed by atoms with Gasteiger partial charge in [-0.15, -0.1) is 0 Å². The molecule has 2 rings (SSSR count). The molecule has 0 spiro atoms. The Morgan fingerprint density at radius 1 is 1.38 bits per heavy atom. The monoisotopic (exact) mass is 177 g/mol. The summed E-state index contributed by atoms with van der Waals surface area (Å²) < 4.78 is 5.10. The number of fused-ring (bicyclic) bond motifs is 1. The molecule has 0 radical (unpaired) electrons. The van der Waals surface area contributed by atoms with E-state index in [1.54, 1.807) is 0 Å². The lowest BCUT2D eigenvalue weighted by Crippen LogP contribution is -2.12. The van der Waals surface area contributed by atoms with Gasteiger partial charge in [0.15, 0.2) is 0 Å². The van der Waals surface area contributed by atoms with Crippen LogP contribution in [0, 0.1) is 0 Å². The number of benzene rings is 1. The topological polar surface area (TPSA) is 64.1 Å². The molecule has 4 nitrogen and oxygen atoms in total. The second-order valence-corrected chi connectivity index (χ2v) is 2.74. The van der Waals surface area contributed by atoms with Crippen LogP contribution >= 0.6 is 0 Å². The van der Waals surface area contributed by atoms with Gasteiger partial charge in [0.2, 0.25) is 5.88 Å². The summed E-state index contributed by atoms with van der Waals surface area (Å²) in [5.74, 6) is 0.695. The van der Waals surface area contributed by atoms with Gasteiger partial charge in [-0.3, -0.25) is 0 Å². The smallest absolute Gasteiger partial charge is 0.232 e. The fourth-order valence-corrected chi connectivity index (χ4v) is 1.20. The van der Waals surface area contributed by atoms with Gasteiger partial charge in [0.25, 0.3) is 0 Å². The van der Waals surface area contributed by atoms with Crippen molar-refractivity contribution in [3.05, 3.63) is 24.3 Å². The Hall–Kier alpha value is -1.55. The SMILES string of the molecule is NCCNc1onc2ccccc12. The minimum absolute atomic E-state index is 0.578. The number of hydrogen-bond donors (Lipinski definition) is 2. The summed E-state index contributed by atoms with van der Waals surface area (Å²) in [4.78, 5) is 0. The number of nitrogens with one attached hydrogen (secondary N) is 1. The molecule has 4 heteroatoms. The molecule has 0 aliphatic heterocycles. The summed E-state index contributed by atoms with van der Waals surface area (Å²) in [5, 5.41) is 7.95. The Bertz CT molecular complexity index is 396. The fraction of sp³-hybridized carbons (Fsp3) is 0.222. The van der Waals surface area contributed by atoms with Crippen LogP contribution in [0.4, 0.5) is 5.88 Å². The van der Waals surface area contributed by atoms with Gasteiger partial charge in [-0.1, -0.05) is 17.3 Å². The van der Waals surface area contributed by atoms with Gasteiger partial charge in [-0.2, -0.15) is 0 Å². The van der Waals surface area contributed by atoms with Crippen LogP contribution in [0.15, 0.2) is 28.8 Å². The van der Waals surface area contributed by atoms with Crippen molar-refractivity contribution in [2.24, 2.45) is 5.73 Å². The Kier molecular flexibility index (Phi) is 2.14. The quantitative estimate of drug-likeness (QED) is 0.739. The average molecular weight is 177 g/mol. The average Bonchev–Trinajstić information content (AvgIpc) is 2.58. The zero-order valence-corrected chi connectivity index (χ0v) is 7.16. The Labute approximate surface area is 75.7 Å².